The van der Waals surface area contributed by atoms with E-state index in [4.69, 9.17) is 61.0 Å². The summed E-state index contributed by atoms with van der Waals surface area (Å²) < 4.78 is 107. The first-order valence-corrected chi connectivity index (χ1v) is 40.1. The van der Waals surface area contributed by atoms with Crippen LogP contribution in [0.4, 0.5) is 11.4 Å². The van der Waals surface area contributed by atoms with Gasteiger partial charge in [0.2, 0.25) is 26.0 Å². The molecule has 3 aliphatic carbocycles. The van der Waals surface area contributed by atoms with Crippen LogP contribution in [-0.4, -0.2) is 133 Å². The number of hydrogen-bond acceptors (Lipinski definition) is 19. The largest absolute Gasteiger partial charge is 0.487 e. The number of Topliss-reactive ketones (excluding diaryl/α,β-unsaturated/α-hetero) is 1. The highest BCUT2D eigenvalue weighted by Crippen LogP contribution is 2.53. The lowest BCUT2D eigenvalue weighted by molar-refractivity contribution is -0.150. The Morgan fingerprint density at radius 2 is 1.35 bits per heavy atom. The van der Waals surface area contributed by atoms with E-state index >= 15 is 0 Å². The summed E-state index contributed by atoms with van der Waals surface area (Å²) >= 11 is 13.2. The molecule has 3 N–H and O–H groups in total. The molecule has 3 amide bonds. The third kappa shape index (κ3) is 15.8. The third-order valence-electron chi connectivity index (χ3n) is 23.5. The zero-order valence-electron chi connectivity index (χ0n) is 60.7. The van der Waals surface area contributed by atoms with Gasteiger partial charge in [-0.25, -0.2) is 36.1 Å². The number of methoxy groups -OCH3 is 3. The van der Waals surface area contributed by atoms with E-state index in [1.807, 2.05) is 61.6 Å². The number of benzene rings is 4. The summed E-state index contributed by atoms with van der Waals surface area (Å²) in [6.07, 6.45) is 15.8. The molecule has 0 unspecified atom stereocenters. The summed E-state index contributed by atoms with van der Waals surface area (Å²) in [5.74, 6) is -3.49. The number of ketones is 1. The maximum atomic E-state index is 14.9. The van der Waals surface area contributed by atoms with Crippen LogP contribution in [0.25, 0.3) is 0 Å². The number of sulfonamides is 2. The molecule has 2 saturated carbocycles. The Labute approximate surface area is 620 Å². The summed E-state index contributed by atoms with van der Waals surface area (Å²) in [4.78, 5) is 78.4. The molecule has 2 fully saturated rings. The van der Waals surface area contributed by atoms with Crippen molar-refractivity contribution in [2.75, 3.05) is 63.9 Å². The number of aromatic nitrogens is 1. The van der Waals surface area contributed by atoms with Crippen LogP contribution in [-0.2, 0) is 86.5 Å². The number of nitrogens with one attached hydrogen (secondary N) is 3. The average molecular weight is 1510 g/mol. The molecule has 5 heterocycles. The molecule has 4 aromatic carbocycles. The monoisotopic (exact) mass is 1510 g/mol. The van der Waals surface area contributed by atoms with Gasteiger partial charge in [-0.05, 0) is 217 Å². The number of fused-ring (bicyclic) bond motifs is 7. The van der Waals surface area contributed by atoms with Crippen LogP contribution in [0.15, 0.2) is 95.5 Å². The van der Waals surface area contributed by atoms with Gasteiger partial charge in [0.25, 0.3) is 11.8 Å². The lowest BCUT2D eigenvalue weighted by Crippen LogP contribution is -2.55. The number of hydrogen-bond donors (Lipinski definition) is 3. The molecule has 7 aliphatic rings. The molecule has 4 aliphatic heterocycles. The normalized spacial score (nSPS) is 29.2. The predicted molar refractivity (Wildman–Crippen MR) is 396 cm³/mol. The van der Waals surface area contributed by atoms with E-state index in [-0.39, 0.29) is 79.6 Å². The lowest BCUT2D eigenvalue weighted by atomic mass is 9.62. The minimum Gasteiger partial charge on any atom is -0.487 e. The molecular formula is C78H96Cl2N6O16S2. The number of nitrogens with zero attached hydrogens (tertiary/aromatic N) is 3. The number of carbonyl (C=O) groups excluding carboxylic acids is 5. The fourth-order valence-corrected chi connectivity index (χ4v) is 19.6. The van der Waals surface area contributed by atoms with E-state index in [9.17, 15) is 40.8 Å². The topological polar surface area (TPSA) is 278 Å². The molecule has 12 atom stereocenters. The molecule has 0 radical (unpaired) electrons. The number of amides is 3. The van der Waals surface area contributed by atoms with E-state index in [2.05, 4.69) is 30.6 Å². The molecule has 0 saturated heterocycles. The standard InChI is InChI=1S/C78H96Cl2N6O16S2/c1-46-15-12-30-77(97-8,38-69(88)82-71(48(3)87)75(91)96-7)62-25-21-56(62)41-86-44-76(29-14-18-53-34-60(80)24-27-61(53)76)45-101-72-66(86)36-58(74(90)84-104(94,95)51(46)6)37-68(72)100-43-64-49(4)102-70(81-64)39-78(98-9)31-13-16-47(2)50(5)103(92,93)83-73(89)54-22-28-67-65(35-54)85(40-55-20-26-63(55)78)32-11-10-17-52-33-59(79)23-19-57(52)42-99-67/h12-13,19,22-24,27-28,30-31,33-37,46-47,50-51,55-56,62-63,71H,10-11,14-18,20-21,25-26,29,32,38-45H2,1-9H3,(H,82,88)(H,83,89)(H,84,90)/b30-12+,31-13+/t46-,47-,50+,51+,55-,56-,62+,63+,71-,76-,77+,78+/m0/s1. The number of halogens is 2. The second kappa shape index (κ2) is 31.1. The molecule has 12 rings (SSSR count). The molecule has 4 bridgehead atoms. The first kappa shape index (κ1) is 76.2. The number of allylic oxidation sites excluding steroid dienone is 2. The van der Waals surface area contributed by atoms with Crippen LogP contribution in [0.3, 0.4) is 0 Å². The Morgan fingerprint density at radius 3 is 2.00 bits per heavy atom. The smallest absolute Gasteiger partial charge is 0.336 e. The highest BCUT2D eigenvalue weighted by atomic mass is 35.5. The maximum Gasteiger partial charge on any atom is 0.336 e. The number of carbonyl (C=O) groups is 5. The van der Waals surface area contributed by atoms with E-state index < -0.39 is 94.5 Å². The van der Waals surface area contributed by atoms with Gasteiger partial charge in [-0.1, -0.05) is 73.5 Å². The molecule has 26 heteroatoms. The Hall–Kier alpha value is -7.48. The first-order chi connectivity index (χ1) is 49.6. The molecule has 1 spiro atoms. The number of esters is 1. The van der Waals surface area contributed by atoms with Crippen molar-refractivity contribution < 1.29 is 73.6 Å². The number of aryl methyl sites for hydroxylation is 3. The minimum atomic E-state index is -4.37. The number of ether oxygens (including phenoxy) is 6. The average Bonchev–Trinajstić information content (AvgIpc) is 1.74. The van der Waals surface area contributed by atoms with Gasteiger partial charge in [-0.2, -0.15) is 0 Å². The minimum absolute atomic E-state index is 0.00886. The fraction of sp³-hybridized carbons (Fsp3) is 0.538. The number of anilines is 2. The van der Waals surface area contributed by atoms with Gasteiger partial charge in [-0.15, -0.1) is 0 Å². The van der Waals surface area contributed by atoms with Crippen LogP contribution in [0, 0.1) is 42.4 Å². The maximum absolute atomic E-state index is 14.9. The van der Waals surface area contributed by atoms with Crippen LogP contribution in [0.1, 0.15) is 166 Å². The van der Waals surface area contributed by atoms with Crippen molar-refractivity contribution in [1.82, 2.24) is 19.7 Å². The van der Waals surface area contributed by atoms with Gasteiger partial charge in [0.05, 0.1) is 59.6 Å². The molecule has 104 heavy (non-hydrogen) atoms. The molecule has 560 valence electrons. The predicted octanol–water partition coefficient (Wildman–Crippen LogP) is 11.9. The quantitative estimate of drug-likeness (QED) is 0.0594. The third-order valence-corrected chi connectivity index (χ3v) is 27.8. The van der Waals surface area contributed by atoms with Gasteiger partial charge < -0.3 is 48.0 Å². The van der Waals surface area contributed by atoms with Crippen molar-refractivity contribution >= 4 is 84.1 Å². The summed E-state index contributed by atoms with van der Waals surface area (Å²) in [6, 6.07) is 18.5. The summed E-state index contributed by atoms with van der Waals surface area (Å²) in [7, 11) is -4.21. The van der Waals surface area contributed by atoms with Gasteiger partial charge >= 0.3 is 5.97 Å². The van der Waals surface area contributed by atoms with Crippen LogP contribution < -0.4 is 38.8 Å². The first-order valence-electron chi connectivity index (χ1n) is 36.2. The number of oxazole rings is 1. The Bertz CT molecular complexity index is 4410. The van der Waals surface area contributed by atoms with Crippen LogP contribution in [0.2, 0.25) is 10.0 Å². The fourth-order valence-electron chi connectivity index (χ4n) is 16.7. The zero-order chi connectivity index (χ0) is 74.2. The van der Waals surface area contributed by atoms with Crippen LogP contribution in [0.5, 0.6) is 17.2 Å². The van der Waals surface area contributed by atoms with E-state index in [0.717, 1.165) is 80.7 Å². The molecule has 22 nitrogen and oxygen atoms in total. The lowest BCUT2D eigenvalue weighted by Gasteiger charge is -2.50. The second-order valence-corrected chi connectivity index (χ2v) is 34.8. The van der Waals surface area contributed by atoms with E-state index in [1.54, 1.807) is 52.1 Å². The molecular weight excluding hydrogens is 1410 g/mol. The van der Waals surface area contributed by atoms with E-state index in [0.29, 0.717) is 95.7 Å². The Morgan fingerprint density at radius 1 is 0.721 bits per heavy atom. The Kier molecular flexibility index (Phi) is 22.8. The van der Waals surface area contributed by atoms with Gasteiger partial charge in [0.15, 0.2) is 29.2 Å². The van der Waals surface area contributed by atoms with Gasteiger partial charge in [-0.3, -0.25) is 19.2 Å². The summed E-state index contributed by atoms with van der Waals surface area (Å²) in [5, 5.41) is 1.77. The van der Waals surface area contributed by atoms with Gasteiger partial charge in [0.1, 0.15) is 30.4 Å². The summed E-state index contributed by atoms with van der Waals surface area (Å²) in [6.45, 7) is 11.9. The van der Waals surface area contributed by atoms with Crippen LogP contribution >= 0.6 is 23.2 Å². The highest BCUT2D eigenvalue weighted by molar-refractivity contribution is 7.91. The summed E-state index contributed by atoms with van der Waals surface area (Å²) in [5.41, 5.74) is 3.02. The van der Waals surface area contributed by atoms with Crippen molar-refractivity contribution in [3.63, 3.8) is 0 Å². The van der Waals surface area contributed by atoms with Crippen molar-refractivity contribution in [3.05, 3.63) is 152 Å². The Balaban J connectivity index is 0.900. The van der Waals surface area contributed by atoms with Crippen molar-refractivity contribution in [2.24, 2.45) is 35.5 Å². The SMILES string of the molecule is COC(=O)[C@@H](NC(=O)C[C@]1(OC)/C=C/C[C@H](C)[C@@H](C)S(=O)(=O)NC(=O)c2cc(OCc3nc(C[C@]4(OC)/C=C/C[C@H](C)[C@@H](C)S(=O)(=O)NC(=O)c5ccc6c(c5)N(CCCCc5cc(Cl)ccc5CO6)C[C@@H]5CC[C@H]54)oc3C)c3c(c2)N(C[C@@H]2CC[C@H]21)C[C@@]1(CCCc2cc(Cl)ccc21)CO3)C(C)=O. The number of rotatable bonds is 12. The van der Waals surface area contributed by atoms with E-state index in [1.165, 1.54) is 27.0 Å². The second-order valence-electron chi connectivity index (χ2n) is 29.9. The van der Waals surface area contributed by atoms with Crippen molar-refractivity contribution in [1.29, 1.82) is 0 Å². The zero-order valence-corrected chi connectivity index (χ0v) is 63.8. The van der Waals surface area contributed by atoms with Crippen molar-refractivity contribution in [2.45, 2.75) is 178 Å². The highest BCUT2D eigenvalue weighted by Gasteiger charge is 2.52. The molecule has 1 aromatic heterocycles. The van der Waals surface area contributed by atoms with Gasteiger partial charge in [0, 0.05) is 67.0 Å². The van der Waals surface area contributed by atoms with Crippen molar-refractivity contribution in [3.8, 4) is 17.2 Å². The molecule has 5 aromatic rings.